The molecule has 1 rings (SSSR count). The van der Waals surface area contributed by atoms with Gasteiger partial charge in [-0.2, -0.15) is 0 Å². The van der Waals surface area contributed by atoms with Gasteiger partial charge in [0.1, 0.15) is 32.6 Å². The van der Waals surface area contributed by atoms with Crippen molar-refractivity contribution in [2.45, 2.75) is 0 Å². The minimum atomic E-state index is 0. The van der Waals surface area contributed by atoms with Crippen LogP contribution in [-0.4, -0.2) is 87.5 Å². The molecule has 0 atom stereocenters. The van der Waals surface area contributed by atoms with Gasteiger partial charge in [0.15, 0.2) is 0 Å². The summed E-state index contributed by atoms with van der Waals surface area (Å²) in [6.45, 7) is 3.08. The normalized spacial score (nSPS) is 11.2. The SMILES string of the molecule is C[N+](C)(C)CCOc1cc(OCC[N+](C)(C)C)ncn1.[I-].[I-]. The quantitative estimate of drug-likeness (QED) is 0.245. The molecule has 0 fully saturated rings. The Hall–Kier alpha value is 0.0600. The van der Waals surface area contributed by atoms with Crippen LogP contribution in [0.1, 0.15) is 0 Å². The van der Waals surface area contributed by atoms with Gasteiger partial charge in [0, 0.05) is 0 Å². The van der Waals surface area contributed by atoms with Crippen LogP contribution in [0.5, 0.6) is 11.8 Å². The van der Waals surface area contributed by atoms with Crippen LogP contribution in [0.3, 0.4) is 0 Å². The van der Waals surface area contributed by atoms with Crippen molar-refractivity contribution in [1.82, 2.24) is 9.97 Å². The Morgan fingerprint density at radius 1 is 0.773 bits per heavy atom. The van der Waals surface area contributed by atoms with Gasteiger partial charge in [-0.15, -0.1) is 0 Å². The van der Waals surface area contributed by atoms with E-state index >= 15 is 0 Å². The maximum atomic E-state index is 5.62. The molecule has 22 heavy (non-hydrogen) atoms. The lowest BCUT2D eigenvalue weighted by molar-refractivity contribution is -0.870. The number of nitrogens with zero attached hydrogens (tertiary/aromatic N) is 4. The van der Waals surface area contributed by atoms with E-state index in [0.717, 1.165) is 22.1 Å². The van der Waals surface area contributed by atoms with E-state index in [4.69, 9.17) is 9.47 Å². The van der Waals surface area contributed by atoms with Crippen molar-refractivity contribution < 1.29 is 66.4 Å². The number of quaternary nitrogens is 2. The van der Waals surface area contributed by atoms with Crippen molar-refractivity contribution in [1.29, 1.82) is 0 Å². The molecule has 1 aromatic heterocycles. The molecule has 0 aromatic carbocycles. The fourth-order valence-corrected chi connectivity index (χ4v) is 1.33. The topological polar surface area (TPSA) is 44.2 Å². The summed E-state index contributed by atoms with van der Waals surface area (Å²) in [5, 5.41) is 0. The van der Waals surface area contributed by atoms with Crippen LogP contribution in [0.15, 0.2) is 12.4 Å². The van der Waals surface area contributed by atoms with Gasteiger partial charge in [0.25, 0.3) is 0 Å². The van der Waals surface area contributed by atoms with E-state index in [2.05, 4.69) is 52.3 Å². The van der Waals surface area contributed by atoms with Crippen LogP contribution in [0, 0.1) is 0 Å². The van der Waals surface area contributed by atoms with Gasteiger partial charge in [0.2, 0.25) is 11.8 Å². The number of aromatic nitrogens is 2. The summed E-state index contributed by atoms with van der Waals surface area (Å²) in [7, 11) is 12.8. The van der Waals surface area contributed by atoms with Gasteiger partial charge in [-0.3, -0.25) is 0 Å². The number of hydrogen-bond acceptors (Lipinski definition) is 4. The Morgan fingerprint density at radius 3 is 1.45 bits per heavy atom. The zero-order valence-corrected chi connectivity index (χ0v) is 18.7. The molecule has 0 aliphatic heterocycles. The number of halogens is 2. The second-order valence-corrected chi connectivity index (χ2v) is 6.92. The third-order valence-corrected chi connectivity index (χ3v) is 2.64. The summed E-state index contributed by atoms with van der Waals surface area (Å²) in [5.74, 6) is 1.13. The third kappa shape index (κ3) is 12.6. The highest BCUT2D eigenvalue weighted by molar-refractivity contribution is 5.18. The van der Waals surface area contributed by atoms with Crippen molar-refractivity contribution in [2.24, 2.45) is 0 Å². The zero-order valence-electron chi connectivity index (χ0n) is 14.3. The van der Waals surface area contributed by atoms with E-state index in [-0.39, 0.29) is 48.0 Å². The molecule has 0 spiro atoms. The molecule has 1 aromatic rings. The first-order valence-corrected chi connectivity index (χ1v) is 6.84. The highest BCUT2D eigenvalue weighted by Gasteiger charge is 2.09. The van der Waals surface area contributed by atoms with E-state index in [1.807, 2.05) is 0 Å². The molecule has 0 amide bonds. The first-order chi connectivity index (χ1) is 9.16. The summed E-state index contributed by atoms with van der Waals surface area (Å²) in [6, 6.07) is 1.74. The number of ether oxygens (including phenoxy) is 2. The minimum absolute atomic E-state index is 0. The minimum Gasteiger partial charge on any atom is -1.00 e. The van der Waals surface area contributed by atoms with Gasteiger partial charge < -0.3 is 66.4 Å². The van der Waals surface area contributed by atoms with Crippen molar-refractivity contribution in [3.63, 3.8) is 0 Å². The van der Waals surface area contributed by atoms with Gasteiger partial charge in [0.05, 0.1) is 48.4 Å². The molecule has 0 aliphatic rings. The molecule has 0 aliphatic carbocycles. The Morgan fingerprint density at radius 2 is 1.14 bits per heavy atom. The van der Waals surface area contributed by atoms with Crippen LogP contribution >= 0.6 is 0 Å². The molecule has 8 heteroatoms. The lowest BCUT2D eigenvalue weighted by Gasteiger charge is -2.23. The van der Waals surface area contributed by atoms with E-state index in [1.54, 1.807) is 6.07 Å². The smallest absolute Gasteiger partial charge is 0.220 e. The molecule has 130 valence electrons. The number of hydrogen-bond donors (Lipinski definition) is 0. The van der Waals surface area contributed by atoms with E-state index in [9.17, 15) is 0 Å². The summed E-state index contributed by atoms with van der Waals surface area (Å²) in [5.41, 5.74) is 0. The van der Waals surface area contributed by atoms with E-state index in [0.29, 0.717) is 25.0 Å². The molecule has 0 unspecified atom stereocenters. The standard InChI is InChI=1S/C14H28N4O2.2HI/c1-17(2,3)7-9-19-13-11-14(16-12-15-13)20-10-8-18(4,5)6;;/h11-12H,7-10H2,1-6H3;2*1H/q+2;;/p-2. The number of likely N-dealkylation sites (N-methyl/N-ethyl adjacent to an activating group) is 2. The highest BCUT2D eigenvalue weighted by Crippen LogP contribution is 2.13. The van der Waals surface area contributed by atoms with Crippen LogP contribution in [0.2, 0.25) is 0 Å². The fraction of sp³-hybridized carbons (Fsp3) is 0.714. The molecular weight excluding hydrogens is 510 g/mol. The van der Waals surface area contributed by atoms with Crippen LogP contribution in [0.25, 0.3) is 0 Å². The maximum Gasteiger partial charge on any atom is 0.220 e. The van der Waals surface area contributed by atoms with Crippen molar-refractivity contribution >= 4 is 0 Å². The Kier molecular flexibility index (Phi) is 11.9. The second-order valence-electron chi connectivity index (χ2n) is 6.92. The van der Waals surface area contributed by atoms with Gasteiger partial charge in [-0.25, -0.2) is 9.97 Å². The molecular formula is C14H28I2N4O2. The summed E-state index contributed by atoms with van der Waals surface area (Å²) in [6.07, 6.45) is 1.47. The van der Waals surface area contributed by atoms with Gasteiger partial charge in [-0.1, -0.05) is 0 Å². The first-order valence-electron chi connectivity index (χ1n) is 6.84. The van der Waals surface area contributed by atoms with E-state index < -0.39 is 0 Å². The average molecular weight is 538 g/mol. The Balaban J connectivity index is 0. The molecule has 6 nitrogen and oxygen atoms in total. The van der Waals surface area contributed by atoms with Crippen LogP contribution < -0.4 is 57.4 Å². The van der Waals surface area contributed by atoms with Crippen LogP contribution in [-0.2, 0) is 0 Å². The van der Waals surface area contributed by atoms with E-state index in [1.165, 1.54) is 6.33 Å². The maximum absolute atomic E-state index is 5.62. The van der Waals surface area contributed by atoms with Crippen molar-refractivity contribution in [2.75, 3.05) is 68.6 Å². The summed E-state index contributed by atoms with van der Waals surface area (Å²) >= 11 is 0. The van der Waals surface area contributed by atoms with Gasteiger partial charge >= 0.3 is 0 Å². The molecule has 0 bridgehead atoms. The van der Waals surface area contributed by atoms with Crippen LogP contribution in [0.4, 0.5) is 0 Å². The first kappa shape index (κ1) is 24.3. The molecule has 0 radical (unpaired) electrons. The Bertz CT molecular complexity index is 385. The largest absolute Gasteiger partial charge is 1.00 e. The van der Waals surface area contributed by atoms with Gasteiger partial charge in [-0.05, 0) is 0 Å². The predicted octanol–water partition coefficient (Wildman–Crippen LogP) is -5.35. The Labute approximate surface area is 168 Å². The average Bonchev–Trinajstić information content (AvgIpc) is 2.26. The predicted molar refractivity (Wildman–Crippen MR) is 78.8 cm³/mol. The van der Waals surface area contributed by atoms with Crippen molar-refractivity contribution in [3.05, 3.63) is 12.4 Å². The monoisotopic (exact) mass is 538 g/mol. The zero-order chi connectivity index (χ0) is 15.2. The molecule has 0 saturated heterocycles. The lowest BCUT2D eigenvalue weighted by atomic mass is 10.5. The highest BCUT2D eigenvalue weighted by atomic mass is 127. The summed E-state index contributed by atoms with van der Waals surface area (Å²) < 4.78 is 13.0. The second kappa shape index (κ2) is 10.8. The van der Waals surface area contributed by atoms with Crippen molar-refractivity contribution in [3.8, 4) is 11.8 Å². The number of rotatable bonds is 8. The fourth-order valence-electron chi connectivity index (χ4n) is 1.33. The molecule has 1 heterocycles. The molecule has 0 saturated carbocycles. The molecule has 0 N–H and O–H groups in total. The lowest BCUT2D eigenvalue weighted by Crippen LogP contribution is -3.00. The third-order valence-electron chi connectivity index (χ3n) is 2.64. The summed E-state index contributed by atoms with van der Waals surface area (Å²) in [4.78, 5) is 8.18.